The van der Waals surface area contributed by atoms with Crippen LogP contribution >= 0.6 is 23.2 Å². The molecular weight excluding hydrogens is 397 g/mol. The largest absolute Gasteiger partial charge is 0.508 e. The van der Waals surface area contributed by atoms with Crippen molar-refractivity contribution in [3.63, 3.8) is 0 Å². The SMILES string of the molecule is N[C@@H](Cc1ccc(O)cc1)c1nc(-c2ccc(Cl)cc2Cl)c[nH]1.c1c[nH]cn1. The third kappa shape index (κ3) is 5.36. The summed E-state index contributed by atoms with van der Waals surface area (Å²) in [6, 6.07) is 12.0. The van der Waals surface area contributed by atoms with E-state index < -0.39 is 0 Å². The van der Waals surface area contributed by atoms with Gasteiger partial charge in [-0.15, -0.1) is 0 Å². The van der Waals surface area contributed by atoms with Gasteiger partial charge in [-0.25, -0.2) is 9.97 Å². The molecule has 28 heavy (non-hydrogen) atoms. The molecule has 0 saturated heterocycles. The fourth-order valence-electron chi connectivity index (χ4n) is 2.56. The van der Waals surface area contributed by atoms with Crippen LogP contribution in [0.25, 0.3) is 11.3 Å². The molecule has 144 valence electrons. The summed E-state index contributed by atoms with van der Waals surface area (Å²) >= 11 is 12.1. The minimum Gasteiger partial charge on any atom is -0.508 e. The maximum Gasteiger partial charge on any atom is 0.124 e. The maximum atomic E-state index is 9.31. The first kappa shape index (κ1) is 19.9. The molecule has 5 N–H and O–H groups in total. The molecule has 0 aliphatic carbocycles. The van der Waals surface area contributed by atoms with E-state index in [1.54, 1.807) is 49.2 Å². The lowest BCUT2D eigenvalue weighted by Crippen LogP contribution is -2.14. The van der Waals surface area contributed by atoms with E-state index in [0.29, 0.717) is 22.3 Å². The van der Waals surface area contributed by atoms with Gasteiger partial charge in [-0.3, -0.25) is 0 Å². The van der Waals surface area contributed by atoms with Crippen molar-refractivity contribution in [3.8, 4) is 17.0 Å². The highest BCUT2D eigenvalue weighted by Gasteiger charge is 2.14. The number of H-pyrrole nitrogens is 2. The van der Waals surface area contributed by atoms with Crippen molar-refractivity contribution in [2.45, 2.75) is 12.5 Å². The number of hydrogen-bond donors (Lipinski definition) is 4. The molecule has 2 aromatic carbocycles. The van der Waals surface area contributed by atoms with Crippen molar-refractivity contribution < 1.29 is 5.11 Å². The van der Waals surface area contributed by atoms with Crippen LogP contribution < -0.4 is 5.73 Å². The maximum absolute atomic E-state index is 9.31. The van der Waals surface area contributed by atoms with Crippen molar-refractivity contribution in [1.29, 1.82) is 0 Å². The number of aromatic amines is 2. The quantitative estimate of drug-likeness (QED) is 0.386. The lowest BCUT2D eigenvalue weighted by Gasteiger charge is -2.09. The van der Waals surface area contributed by atoms with Crippen molar-refractivity contribution >= 4 is 23.2 Å². The van der Waals surface area contributed by atoms with E-state index in [9.17, 15) is 5.11 Å². The number of benzene rings is 2. The Morgan fingerprint density at radius 1 is 1.11 bits per heavy atom. The van der Waals surface area contributed by atoms with E-state index in [1.165, 1.54) is 0 Å². The van der Waals surface area contributed by atoms with Gasteiger partial charge in [0.15, 0.2) is 0 Å². The zero-order chi connectivity index (χ0) is 19.9. The number of hydrogen-bond acceptors (Lipinski definition) is 4. The number of aromatic nitrogens is 4. The van der Waals surface area contributed by atoms with Crippen LogP contribution in [0.15, 0.2) is 67.4 Å². The topological polar surface area (TPSA) is 104 Å². The predicted molar refractivity (Wildman–Crippen MR) is 111 cm³/mol. The van der Waals surface area contributed by atoms with Crippen LogP contribution in [0.5, 0.6) is 5.75 Å². The number of halogens is 2. The van der Waals surface area contributed by atoms with E-state index in [4.69, 9.17) is 28.9 Å². The average molecular weight is 416 g/mol. The van der Waals surface area contributed by atoms with E-state index in [1.807, 2.05) is 18.2 Å². The molecule has 2 aromatic heterocycles. The molecule has 8 heteroatoms. The Bertz CT molecular complexity index is 983. The summed E-state index contributed by atoms with van der Waals surface area (Å²) < 4.78 is 0. The van der Waals surface area contributed by atoms with Gasteiger partial charge in [-0.05, 0) is 42.3 Å². The Balaban J connectivity index is 0.000000391. The van der Waals surface area contributed by atoms with Gasteiger partial charge in [0.05, 0.1) is 23.1 Å². The van der Waals surface area contributed by atoms with Crippen LogP contribution in [0.1, 0.15) is 17.4 Å². The first-order chi connectivity index (χ1) is 13.5. The molecule has 0 spiro atoms. The Kier molecular flexibility index (Phi) is 6.71. The molecule has 4 aromatic rings. The van der Waals surface area contributed by atoms with Gasteiger partial charge >= 0.3 is 0 Å². The molecule has 0 aliphatic heterocycles. The van der Waals surface area contributed by atoms with Crippen LogP contribution in [-0.4, -0.2) is 25.0 Å². The van der Waals surface area contributed by atoms with Crippen LogP contribution in [0.4, 0.5) is 0 Å². The highest BCUT2D eigenvalue weighted by molar-refractivity contribution is 6.36. The molecule has 1 atom stereocenters. The standard InChI is InChI=1S/C17H15Cl2N3O.C3H4N2/c18-11-3-6-13(14(19)8-11)16-9-21-17(22-16)15(20)7-10-1-4-12(23)5-2-10;1-2-5-3-4-1/h1-6,8-9,15,23H,7,20H2,(H,21,22);1-3H,(H,4,5)/t15-;/m0./s1. The summed E-state index contributed by atoms with van der Waals surface area (Å²) in [5, 5.41) is 10.4. The summed E-state index contributed by atoms with van der Waals surface area (Å²) in [6.07, 6.45) is 7.47. The van der Waals surface area contributed by atoms with Crippen molar-refractivity contribution in [3.05, 3.63) is 88.8 Å². The minimum atomic E-state index is -0.278. The summed E-state index contributed by atoms with van der Waals surface area (Å²) in [5.74, 6) is 0.916. The van der Waals surface area contributed by atoms with Crippen molar-refractivity contribution in [2.75, 3.05) is 0 Å². The third-order valence-corrected chi connectivity index (χ3v) is 4.50. The zero-order valence-electron chi connectivity index (χ0n) is 14.8. The molecule has 0 amide bonds. The second-order valence-electron chi connectivity index (χ2n) is 6.03. The minimum absolute atomic E-state index is 0.236. The first-order valence-corrected chi connectivity index (χ1v) is 9.25. The third-order valence-electron chi connectivity index (χ3n) is 3.95. The van der Waals surface area contributed by atoms with Gasteiger partial charge < -0.3 is 20.8 Å². The van der Waals surface area contributed by atoms with E-state index >= 15 is 0 Å². The van der Waals surface area contributed by atoms with Gasteiger partial charge in [-0.2, -0.15) is 0 Å². The zero-order valence-corrected chi connectivity index (χ0v) is 16.3. The molecule has 6 nitrogen and oxygen atoms in total. The Morgan fingerprint density at radius 2 is 1.89 bits per heavy atom. The molecule has 0 unspecified atom stereocenters. The average Bonchev–Trinajstić information content (AvgIpc) is 3.38. The first-order valence-electron chi connectivity index (χ1n) is 8.50. The van der Waals surface area contributed by atoms with Gasteiger partial charge in [0.1, 0.15) is 11.6 Å². The normalized spacial score (nSPS) is 11.5. The smallest absolute Gasteiger partial charge is 0.124 e. The monoisotopic (exact) mass is 415 g/mol. The van der Waals surface area contributed by atoms with Crippen molar-refractivity contribution in [2.24, 2.45) is 5.73 Å². The van der Waals surface area contributed by atoms with Gasteiger partial charge in [0.25, 0.3) is 0 Å². The Morgan fingerprint density at radius 3 is 2.50 bits per heavy atom. The second kappa shape index (κ2) is 9.41. The number of phenolic OH excluding ortho intramolecular Hbond substituents is 1. The summed E-state index contributed by atoms with van der Waals surface area (Å²) in [6.45, 7) is 0. The summed E-state index contributed by atoms with van der Waals surface area (Å²) in [4.78, 5) is 14.0. The molecule has 0 fully saturated rings. The molecule has 0 saturated carbocycles. The molecule has 0 radical (unpaired) electrons. The summed E-state index contributed by atoms with van der Waals surface area (Å²) in [7, 11) is 0. The number of imidazole rings is 2. The van der Waals surface area contributed by atoms with Crippen LogP contribution in [0, 0.1) is 0 Å². The van der Waals surface area contributed by atoms with Gasteiger partial charge in [0.2, 0.25) is 0 Å². The van der Waals surface area contributed by atoms with Crippen LogP contribution in [-0.2, 0) is 6.42 Å². The molecule has 4 rings (SSSR count). The fourth-order valence-corrected chi connectivity index (χ4v) is 3.06. The van der Waals surface area contributed by atoms with Gasteiger partial charge in [0, 0.05) is 29.2 Å². The number of nitrogens with zero attached hydrogens (tertiary/aromatic N) is 2. The van der Waals surface area contributed by atoms with Crippen molar-refractivity contribution in [1.82, 2.24) is 19.9 Å². The molecule has 0 bridgehead atoms. The molecular formula is C20H19Cl2N5O. The number of nitrogens with two attached hydrogens (primary N) is 1. The predicted octanol–water partition coefficient (Wildman–Crippen LogP) is 4.74. The number of phenols is 1. The van der Waals surface area contributed by atoms with Crippen LogP contribution in [0.3, 0.4) is 0 Å². The molecule has 2 heterocycles. The van der Waals surface area contributed by atoms with E-state index in [2.05, 4.69) is 19.9 Å². The highest BCUT2D eigenvalue weighted by atomic mass is 35.5. The lowest BCUT2D eigenvalue weighted by atomic mass is 10.1. The number of nitrogens with one attached hydrogen (secondary N) is 2. The number of aromatic hydroxyl groups is 1. The fraction of sp³-hybridized carbons (Fsp3) is 0.100. The van der Waals surface area contributed by atoms with Gasteiger partial charge in [-0.1, -0.05) is 35.3 Å². The Labute approximate surface area is 172 Å². The Hall–Kier alpha value is -2.80. The van der Waals surface area contributed by atoms with E-state index in [0.717, 1.165) is 16.8 Å². The lowest BCUT2D eigenvalue weighted by molar-refractivity contribution is 0.475. The summed E-state index contributed by atoms with van der Waals surface area (Å²) in [5.41, 5.74) is 8.76. The van der Waals surface area contributed by atoms with E-state index in [-0.39, 0.29) is 11.8 Å². The number of rotatable bonds is 4. The highest BCUT2D eigenvalue weighted by Crippen LogP contribution is 2.29. The second-order valence-corrected chi connectivity index (χ2v) is 6.88. The van der Waals surface area contributed by atoms with Crippen LogP contribution in [0.2, 0.25) is 10.0 Å². The molecule has 0 aliphatic rings.